The summed E-state index contributed by atoms with van der Waals surface area (Å²) in [6.07, 6.45) is -0.482. The normalized spacial score (nSPS) is 11.2. The molecule has 0 aromatic rings. The number of esters is 1. The number of hydrogen-bond donors (Lipinski definition) is 0. The second-order valence-electron chi connectivity index (χ2n) is 2.13. The van der Waals surface area contributed by atoms with Crippen LogP contribution >= 0.6 is 0 Å². The van der Waals surface area contributed by atoms with Crippen LogP contribution in [0.5, 0.6) is 0 Å². The summed E-state index contributed by atoms with van der Waals surface area (Å²) in [4.78, 5) is 21.5. The van der Waals surface area contributed by atoms with Crippen LogP contribution in [0.1, 0.15) is 6.92 Å². The lowest BCUT2D eigenvalue weighted by atomic mass is 10.4. The molecule has 0 aliphatic heterocycles. The first-order chi connectivity index (χ1) is 6.11. The molecule has 0 spiro atoms. The zero-order chi connectivity index (χ0) is 10.3. The van der Waals surface area contributed by atoms with Gasteiger partial charge in [0.1, 0.15) is 6.61 Å². The van der Waals surface area contributed by atoms with Gasteiger partial charge in [-0.15, -0.1) is 0 Å². The van der Waals surface area contributed by atoms with Crippen molar-refractivity contribution < 1.29 is 23.8 Å². The molecule has 0 unspecified atom stereocenters. The Balaban J connectivity index is 3.77. The van der Waals surface area contributed by atoms with Crippen molar-refractivity contribution in [3.8, 4) is 0 Å². The summed E-state index contributed by atoms with van der Waals surface area (Å²) in [7, 11) is 1.21. The minimum Gasteiger partial charge on any atom is -0.466 e. The Morgan fingerprint density at radius 1 is 1.54 bits per heavy atom. The molecule has 0 heterocycles. The number of hydrogen-bond acceptors (Lipinski definition) is 5. The monoisotopic (exact) mass is 188 g/mol. The first-order valence-corrected chi connectivity index (χ1v) is 3.64. The molecule has 5 heteroatoms. The number of ether oxygens (including phenoxy) is 3. The Labute approximate surface area is 76.3 Å². The van der Waals surface area contributed by atoms with Crippen molar-refractivity contribution in [1.82, 2.24) is 0 Å². The minimum atomic E-state index is -0.956. The second-order valence-corrected chi connectivity index (χ2v) is 2.13. The fourth-order valence-corrected chi connectivity index (χ4v) is 0.519. The first-order valence-electron chi connectivity index (χ1n) is 3.64. The van der Waals surface area contributed by atoms with Crippen molar-refractivity contribution in [3.63, 3.8) is 0 Å². The van der Waals surface area contributed by atoms with Crippen LogP contribution in [-0.4, -0.2) is 31.9 Å². The van der Waals surface area contributed by atoms with Crippen LogP contribution in [0.3, 0.4) is 0 Å². The molecular formula is C8H12O5. The van der Waals surface area contributed by atoms with Crippen molar-refractivity contribution in [2.45, 2.75) is 13.0 Å². The van der Waals surface area contributed by atoms with Gasteiger partial charge in [0.2, 0.25) is 0 Å². The van der Waals surface area contributed by atoms with Crippen LogP contribution in [0.15, 0.2) is 12.7 Å². The molecule has 0 bridgehead atoms. The van der Waals surface area contributed by atoms with Gasteiger partial charge in [-0.3, -0.25) is 0 Å². The van der Waals surface area contributed by atoms with Gasteiger partial charge < -0.3 is 14.2 Å². The first kappa shape index (κ1) is 11.5. The van der Waals surface area contributed by atoms with Crippen LogP contribution in [0.25, 0.3) is 0 Å². The van der Waals surface area contributed by atoms with Gasteiger partial charge in [-0.05, 0) is 6.92 Å². The van der Waals surface area contributed by atoms with Gasteiger partial charge in [-0.2, -0.15) is 0 Å². The van der Waals surface area contributed by atoms with Gasteiger partial charge in [-0.1, -0.05) is 12.7 Å². The zero-order valence-electron chi connectivity index (χ0n) is 7.61. The molecule has 0 aliphatic carbocycles. The van der Waals surface area contributed by atoms with E-state index in [1.54, 1.807) is 0 Å². The van der Waals surface area contributed by atoms with E-state index in [4.69, 9.17) is 0 Å². The highest BCUT2D eigenvalue weighted by molar-refractivity contribution is 5.76. The van der Waals surface area contributed by atoms with Crippen LogP contribution in [-0.2, 0) is 19.0 Å². The third-order valence-electron chi connectivity index (χ3n) is 1.13. The molecule has 5 nitrogen and oxygen atoms in total. The number of carbonyl (C=O) groups excluding carboxylic acids is 2. The van der Waals surface area contributed by atoms with E-state index in [1.165, 1.54) is 20.1 Å². The molecule has 0 fully saturated rings. The largest absolute Gasteiger partial charge is 0.509 e. The summed E-state index contributed by atoms with van der Waals surface area (Å²) in [5, 5.41) is 0. The molecule has 0 saturated heterocycles. The summed E-state index contributed by atoms with van der Waals surface area (Å²) in [5.74, 6) is -0.629. The Hall–Kier alpha value is -1.52. The topological polar surface area (TPSA) is 61.8 Å². The molecular weight excluding hydrogens is 176 g/mol. The summed E-state index contributed by atoms with van der Waals surface area (Å²) >= 11 is 0. The zero-order valence-corrected chi connectivity index (χ0v) is 7.61. The predicted octanol–water partition coefficient (Wildman–Crippen LogP) is 0.887. The SMILES string of the molecule is C=CCOC(=O)O[C@@H](C)C(=O)OC. The van der Waals surface area contributed by atoms with Gasteiger partial charge in [0.15, 0.2) is 6.10 Å². The van der Waals surface area contributed by atoms with E-state index in [-0.39, 0.29) is 6.61 Å². The molecule has 0 amide bonds. The fraction of sp³-hybridized carbons (Fsp3) is 0.500. The summed E-state index contributed by atoms with van der Waals surface area (Å²) in [6, 6.07) is 0. The maximum Gasteiger partial charge on any atom is 0.509 e. The lowest BCUT2D eigenvalue weighted by Gasteiger charge is -2.09. The quantitative estimate of drug-likeness (QED) is 0.484. The van der Waals surface area contributed by atoms with E-state index in [0.717, 1.165) is 0 Å². The summed E-state index contributed by atoms with van der Waals surface area (Å²) < 4.78 is 13.3. The third-order valence-corrected chi connectivity index (χ3v) is 1.13. The molecule has 0 aromatic heterocycles. The number of carbonyl (C=O) groups is 2. The minimum absolute atomic E-state index is 0.0483. The molecule has 74 valence electrons. The van der Waals surface area contributed by atoms with Gasteiger partial charge >= 0.3 is 12.1 Å². The molecule has 1 atom stereocenters. The standard InChI is InChI=1S/C8H12O5/c1-4-5-12-8(10)13-6(2)7(9)11-3/h4,6H,1,5H2,2-3H3/t6-/m0/s1. The van der Waals surface area contributed by atoms with Gasteiger partial charge in [-0.25, -0.2) is 9.59 Å². The van der Waals surface area contributed by atoms with E-state index in [9.17, 15) is 9.59 Å². The van der Waals surface area contributed by atoms with Crippen molar-refractivity contribution in [2.24, 2.45) is 0 Å². The molecule has 0 aliphatic rings. The fourth-order valence-electron chi connectivity index (χ4n) is 0.519. The Bertz CT molecular complexity index is 199. The highest BCUT2D eigenvalue weighted by Crippen LogP contribution is 1.96. The van der Waals surface area contributed by atoms with Crippen molar-refractivity contribution >= 4 is 12.1 Å². The highest BCUT2D eigenvalue weighted by atomic mass is 16.7. The summed E-state index contributed by atoms with van der Waals surface area (Å²) in [5.41, 5.74) is 0. The Morgan fingerprint density at radius 3 is 2.62 bits per heavy atom. The van der Waals surface area contributed by atoms with E-state index in [2.05, 4.69) is 20.8 Å². The number of methoxy groups -OCH3 is 1. The number of rotatable bonds is 4. The van der Waals surface area contributed by atoms with E-state index in [0.29, 0.717) is 0 Å². The van der Waals surface area contributed by atoms with E-state index >= 15 is 0 Å². The highest BCUT2D eigenvalue weighted by Gasteiger charge is 2.18. The average Bonchev–Trinajstić information content (AvgIpc) is 2.13. The third kappa shape index (κ3) is 4.84. The maximum atomic E-state index is 10.7. The van der Waals surface area contributed by atoms with Crippen LogP contribution < -0.4 is 0 Å². The van der Waals surface area contributed by atoms with E-state index in [1.807, 2.05) is 0 Å². The second kappa shape index (κ2) is 6.05. The van der Waals surface area contributed by atoms with Crippen molar-refractivity contribution in [2.75, 3.05) is 13.7 Å². The van der Waals surface area contributed by atoms with Crippen molar-refractivity contribution in [3.05, 3.63) is 12.7 Å². The predicted molar refractivity (Wildman–Crippen MR) is 44.1 cm³/mol. The lowest BCUT2D eigenvalue weighted by Crippen LogP contribution is -2.25. The molecule has 0 radical (unpaired) electrons. The molecule has 0 rings (SSSR count). The van der Waals surface area contributed by atoms with Gasteiger partial charge in [0, 0.05) is 0 Å². The van der Waals surface area contributed by atoms with Gasteiger partial charge in [0.25, 0.3) is 0 Å². The maximum absolute atomic E-state index is 10.7. The summed E-state index contributed by atoms with van der Waals surface area (Å²) in [6.45, 7) is 4.78. The van der Waals surface area contributed by atoms with Crippen LogP contribution in [0.4, 0.5) is 4.79 Å². The van der Waals surface area contributed by atoms with Crippen molar-refractivity contribution in [1.29, 1.82) is 0 Å². The van der Waals surface area contributed by atoms with E-state index < -0.39 is 18.2 Å². The van der Waals surface area contributed by atoms with Crippen LogP contribution in [0, 0.1) is 0 Å². The van der Waals surface area contributed by atoms with Crippen LogP contribution in [0.2, 0.25) is 0 Å². The lowest BCUT2D eigenvalue weighted by molar-refractivity contribution is -0.150. The smallest absolute Gasteiger partial charge is 0.466 e. The molecule has 13 heavy (non-hydrogen) atoms. The van der Waals surface area contributed by atoms with Gasteiger partial charge in [0.05, 0.1) is 7.11 Å². The Kier molecular flexibility index (Phi) is 5.34. The molecule has 0 aromatic carbocycles. The average molecular weight is 188 g/mol. The molecule has 0 N–H and O–H groups in total. The Morgan fingerprint density at radius 2 is 2.15 bits per heavy atom. The molecule has 0 saturated carbocycles.